The van der Waals surface area contributed by atoms with Gasteiger partial charge in [0.05, 0.1) is 0 Å². The van der Waals surface area contributed by atoms with E-state index in [0.717, 1.165) is 51.4 Å². The van der Waals surface area contributed by atoms with Crippen molar-refractivity contribution in [2.24, 2.45) is 11.8 Å². The number of carbonyl (C=O) groups is 2. The van der Waals surface area contributed by atoms with Crippen LogP contribution >= 0.6 is 31.9 Å². The first-order valence-corrected chi connectivity index (χ1v) is 8.93. The summed E-state index contributed by atoms with van der Waals surface area (Å²) in [6, 6.07) is 0. The van der Waals surface area contributed by atoms with E-state index in [1.54, 1.807) is 0 Å². The zero-order valence-corrected chi connectivity index (χ0v) is 18.2. The number of rotatable bonds is 2. The van der Waals surface area contributed by atoms with E-state index in [9.17, 15) is 19.8 Å². The second kappa shape index (κ2) is 11.1. The Bertz CT molecular complexity index is 309. The molecule has 0 aromatic heterocycles. The molecule has 0 aliphatic heterocycles. The molecule has 0 aromatic carbocycles. The molecule has 0 saturated heterocycles. The molecule has 0 heterocycles. The van der Waals surface area contributed by atoms with Crippen molar-refractivity contribution in [1.82, 2.24) is 0 Å². The van der Waals surface area contributed by atoms with E-state index in [2.05, 4.69) is 31.9 Å². The van der Waals surface area contributed by atoms with Gasteiger partial charge in [0.15, 0.2) is 0 Å². The monoisotopic (exact) mass is 474 g/mol. The average molecular weight is 478 g/mol. The van der Waals surface area contributed by atoms with E-state index < -0.39 is 11.9 Å². The van der Waals surface area contributed by atoms with Crippen LogP contribution in [0.15, 0.2) is 0 Å². The fourth-order valence-electron chi connectivity index (χ4n) is 2.69. The van der Waals surface area contributed by atoms with Gasteiger partial charge in [-0.2, -0.15) is 0 Å². The van der Waals surface area contributed by atoms with Crippen LogP contribution in [0.1, 0.15) is 51.4 Å². The maximum absolute atomic E-state index is 10.4. The van der Waals surface area contributed by atoms with Crippen LogP contribution in [0, 0.1) is 11.8 Å². The van der Waals surface area contributed by atoms with Gasteiger partial charge in [0.2, 0.25) is 0 Å². The van der Waals surface area contributed by atoms with Gasteiger partial charge in [-0.15, -0.1) is 0 Å². The summed E-state index contributed by atoms with van der Waals surface area (Å²) in [7, 11) is 0. The van der Waals surface area contributed by atoms with E-state index in [-0.39, 0.29) is 31.3 Å². The van der Waals surface area contributed by atoms with Gasteiger partial charge in [-0.05, 0) is 50.4 Å². The number of carboxylic acid groups (broad SMARTS) is 2. The number of halogens is 2. The molecular weight excluding hydrogens is 457 g/mol. The SMILES string of the molecule is O=C([O-])C1CCCC(Br)C1.O=C([O-])C1CCCC(Br)C1.[Zn+2]. The fourth-order valence-corrected chi connectivity index (χ4v) is 4.24. The quantitative estimate of drug-likeness (QED) is 0.445. The van der Waals surface area contributed by atoms with Gasteiger partial charge in [-0.1, -0.05) is 44.7 Å². The molecule has 4 unspecified atom stereocenters. The minimum atomic E-state index is -0.885. The largest absolute Gasteiger partial charge is 2.00 e. The van der Waals surface area contributed by atoms with Gasteiger partial charge >= 0.3 is 19.5 Å². The van der Waals surface area contributed by atoms with E-state index >= 15 is 0 Å². The minimum Gasteiger partial charge on any atom is -0.550 e. The molecule has 21 heavy (non-hydrogen) atoms. The molecule has 2 saturated carbocycles. The van der Waals surface area contributed by atoms with Gasteiger partial charge in [-0.3, -0.25) is 0 Å². The van der Waals surface area contributed by atoms with Crippen LogP contribution in [0.4, 0.5) is 0 Å². The normalized spacial score (nSPS) is 32.1. The van der Waals surface area contributed by atoms with Crippen molar-refractivity contribution in [3.05, 3.63) is 0 Å². The Balaban J connectivity index is 0.000000364. The number of hydrogen-bond acceptors (Lipinski definition) is 4. The summed E-state index contributed by atoms with van der Waals surface area (Å²) >= 11 is 6.81. The van der Waals surface area contributed by atoms with Crippen LogP contribution in [0.5, 0.6) is 0 Å². The molecule has 2 aliphatic carbocycles. The Morgan fingerprint density at radius 2 is 1.10 bits per heavy atom. The second-order valence-corrected chi connectivity index (χ2v) is 8.15. The fraction of sp³-hybridized carbons (Fsp3) is 0.857. The van der Waals surface area contributed by atoms with Gasteiger partial charge in [-0.25, -0.2) is 0 Å². The zero-order chi connectivity index (χ0) is 15.1. The van der Waals surface area contributed by atoms with E-state index in [0.29, 0.717) is 9.65 Å². The summed E-state index contributed by atoms with van der Waals surface area (Å²) in [5, 5.41) is 20.7. The molecule has 0 bridgehead atoms. The van der Waals surface area contributed by atoms with E-state index in [1.807, 2.05) is 0 Å². The van der Waals surface area contributed by atoms with Crippen molar-refractivity contribution >= 4 is 43.8 Å². The Labute approximate surface area is 155 Å². The Kier molecular flexibility index (Phi) is 11.4. The van der Waals surface area contributed by atoms with Crippen molar-refractivity contribution in [3.63, 3.8) is 0 Å². The van der Waals surface area contributed by atoms with Gasteiger partial charge in [0.1, 0.15) is 0 Å². The molecule has 2 rings (SSSR count). The number of carbonyl (C=O) groups excluding carboxylic acids is 2. The van der Waals surface area contributed by atoms with Crippen molar-refractivity contribution in [1.29, 1.82) is 0 Å². The first kappa shape index (κ1) is 21.5. The predicted molar refractivity (Wildman–Crippen MR) is 79.4 cm³/mol. The summed E-state index contributed by atoms with van der Waals surface area (Å²) in [5.41, 5.74) is 0. The van der Waals surface area contributed by atoms with E-state index in [1.165, 1.54) is 0 Å². The topological polar surface area (TPSA) is 80.3 Å². The molecule has 4 atom stereocenters. The number of carboxylic acids is 2. The molecular formula is C14H20Br2O4Zn. The first-order chi connectivity index (χ1) is 9.40. The number of alkyl halides is 2. The minimum absolute atomic E-state index is 0. The smallest absolute Gasteiger partial charge is 0.550 e. The second-order valence-electron chi connectivity index (χ2n) is 5.56. The van der Waals surface area contributed by atoms with Gasteiger partial charge < -0.3 is 19.8 Å². The summed E-state index contributed by atoms with van der Waals surface area (Å²) in [6.07, 6.45) is 7.29. The third-order valence-electron chi connectivity index (χ3n) is 3.89. The van der Waals surface area contributed by atoms with Crippen LogP contribution < -0.4 is 10.2 Å². The van der Waals surface area contributed by atoms with Crippen molar-refractivity contribution < 1.29 is 39.3 Å². The van der Waals surface area contributed by atoms with Crippen molar-refractivity contribution in [2.75, 3.05) is 0 Å². The van der Waals surface area contributed by atoms with Crippen molar-refractivity contribution in [2.45, 2.75) is 61.0 Å². The van der Waals surface area contributed by atoms with E-state index in [4.69, 9.17) is 0 Å². The van der Waals surface area contributed by atoms with Crippen LogP contribution in [0.3, 0.4) is 0 Å². The average Bonchev–Trinajstić information content (AvgIpc) is 2.39. The standard InChI is InChI=1S/2C7H11BrO2.Zn/c2*8-6-3-1-2-5(4-6)7(9)10;/h2*5-6H,1-4H2,(H,9,10);/q;;+2/p-2. The Hall–Kier alpha value is 0.523. The third kappa shape index (κ3) is 8.66. The molecule has 0 spiro atoms. The molecule has 0 aromatic rings. The van der Waals surface area contributed by atoms with Crippen molar-refractivity contribution in [3.8, 4) is 0 Å². The zero-order valence-electron chi connectivity index (χ0n) is 12.1. The molecule has 4 nitrogen and oxygen atoms in total. The summed E-state index contributed by atoms with van der Waals surface area (Å²) < 4.78 is 0. The molecule has 0 N–H and O–H groups in total. The van der Waals surface area contributed by atoms with Crippen LogP contribution in [0.2, 0.25) is 0 Å². The Morgan fingerprint density at radius 3 is 1.29 bits per heavy atom. The number of aliphatic carboxylic acids is 2. The molecule has 7 heteroatoms. The van der Waals surface area contributed by atoms with Crippen LogP contribution in [0.25, 0.3) is 0 Å². The number of hydrogen-bond donors (Lipinski definition) is 0. The molecule has 2 fully saturated rings. The third-order valence-corrected chi connectivity index (χ3v) is 5.55. The summed E-state index contributed by atoms with van der Waals surface area (Å²) in [5.74, 6) is -2.19. The first-order valence-electron chi connectivity index (χ1n) is 7.10. The maximum Gasteiger partial charge on any atom is 2.00 e. The van der Waals surface area contributed by atoms with Crippen LogP contribution in [-0.2, 0) is 29.1 Å². The van der Waals surface area contributed by atoms with Gasteiger partial charge in [0, 0.05) is 21.6 Å². The van der Waals surface area contributed by atoms with Gasteiger partial charge in [0.25, 0.3) is 0 Å². The Morgan fingerprint density at radius 1 is 0.762 bits per heavy atom. The molecule has 0 amide bonds. The molecule has 2 aliphatic rings. The molecule has 0 radical (unpaired) electrons. The maximum atomic E-state index is 10.4. The summed E-state index contributed by atoms with van der Waals surface area (Å²) in [4.78, 5) is 21.5. The van der Waals surface area contributed by atoms with Crippen LogP contribution in [-0.4, -0.2) is 21.6 Å². The predicted octanol–water partition coefficient (Wildman–Crippen LogP) is 1.38. The summed E-state index contributed by atoms with van der Waals surface area (Å²) in [6.45, 7) is 0. The molecule has 116 valence electrons.